The van der Waals surface area contributed by atoms with Crippen molar-refractivity contribution in [2.75, 3.05) is 56.9 Å². The third kappa shape index (κ3) is 7.35. The zero-order valence-electron chi connectivity index (χ0n) is 22.3. The van der Waals surface area contributed by atoms with Crippen molar-refractivity contribution in [3.05, 3.63) is 62.0 Å². The van der Waals surface area contributed by atoms with E-state index in [1.165, 1.54) is 39.3 Å². The van der Waals surface area contributed by atoms with Gasteiger partial charge >= 0.3 is 0 Å². The van der Waals surface area contributed by atoms with E-state index in [1.54, 1.807) is 18.0 Å². The molecular weight excluding hydrogens is 552 g/mol. The van der Waals surface area contributed by atoms with Crippen LogP contribution >= 0.6 is 23.2 Å². The summed E-state index contributed by atoms with van der Waals surface area (Å²) in [5.74, 6) is -0.202. The van der Waals surface area contributed by atoms with E-state index in [-0.39, 0.29) is 44.4 Å². The van der Waals surface area contributed by atoms with Crippen molar-refractivity contribution < 1.29 is 19.2 Å². The number of anilines is 5. The van der Waals surface area contributed by atoms with Gasteiger partial charge in [-0.25, -0.2) is 9.37 Å². The summed E-state index contributed by atoms with van der Waals surface area (Å²) in [6, 6.07) is 5.35. The minimum absolute atomic E-state index is 0.0428. The molecule has 3 rings (SSSR count). The van der Waals surface area contributed by atoms with Crippen LogP contribution in [0.2, 0.25) is 10.0 Å². The van der Waals surface area contributed by atoms with Crippen LogP contribution in [0.15, 0.2) is 30.5 Å². The number of rotatable bonds is 11. The van der Waals surface area contributed by atoms with Gasteiger partial charge in [-0.15, -0.1) is 0 Å². The Labute approximate surface area is 235 Å². The number of aromatic nitrogens is 2. The van der Waals surface area contributed by atoms with E-state index in [9.17, 15) is 19.6 Å². The van der Waals surface area contributed by atoms with Gasteiger partial charge in [0.05, 0.1) is 34.5 Å². The van der Waals surface area contributed by atoms with Crippen LogP contribution in [0.5, 0.6) is 5.75 Å². The molecular formula is C25H30Cl2FN7O4. The zero-order chi connectivity index (χ0) is 29.1. The standard InChI is InChI=1S/C25H30Cl2FN7O4/c1-25(2,36)14-9-17(28)15(26)10-18(14)30-23-16(27)13-29-24(32-23)31-19-11-21(35(37)38)20(12-22(19)39-6)34(5)8-7-33(3)4/h9-13,36H,7-8H2,1-6H3,(H2,29,30,31,32). The zero-order valence-corrected chi connectivity index (χ0v) is 23.9. The number of ether oxygens (including phenoxy) is 1. The van der Waals surface area contributed by atoms with Crippen LogP contribution in [0.25, 0.3) is 0 Å². The molecule has 0 aliphatic carbocycles. The molecule has 0 aliphatic rings. The molecule has 0 saturated carbocycles. The number of benzene rings is 2. The third-order valence-electron chi connectivity index (χ3n) is 5.75. The molecule has 0 radical (unpaired) electrons. The quantitative estimate of drug-likeness (QED) is 0.195. The number of hydrogen-bond acceptors (Lipinski definition) is 10. The van der Waals surface area contributed by atoms with Crippen molar-refractivity contribution in [1.29, 1.82) is 0 Å². The van der Waals surface area contributed by atoms with Crippen LogP contribution < -0.4 is 20.3 Å². The first-order valence-corrected chi connectivity index (χ1v) is 12.5. The number of methoxy groups -OCH3 is 1. The summed E-state index contributed by atoms with van der Waals surface area (Å²) in [6.07, 6.45) is 1.32. The molecule has 39 heavy (non-hydrogen) atoms. The summed E-state index contributed by atoms with van der Waals surface area (Å²) in [6.45, 7) is 4.24. The second-order valence-corrected chi connectivity index (χ2v) is 10.3. The predicted octanol–water partition coefficient (Wildman–Crippen LogP) is 5.55. The maximum absolute atomic E-state index is 14.1. The maximum atomic E-state index is 14.1. The summed E-state index contributed by atoms with van der Waals surface area (Å²) >= 11 is 12.3. The summed E-state index contributed by atoms with van der Waals surface area (Å²) < 4.78 is 19.6. The van der Waals surface area contributed by atoms with Crippen LogP contribution in [-0.2, 0) is 5.60 Å². The number of likely N-dealkylation sites (N-methyl/N-ethyl adjacent to an activating group) is 2. The average molecular weight is 582 g/mol. The summed E-state index contributed by atoms with van der Waals surface area (Å²) in [7, 11) is 7.05. The van der Waals surface area contributed by atoms with Crippen molar-refractivity contribution in [1.82, 2.24) is 14.9 Å². The maximum Gasteiger partial charge on any atom is 0.294 e. The molecule has 1 aromatic heterocycles. The van der Waals surface area contributed by atoms with Gasteiger partial charge in [-0.2, -0.15) is 4.98 Å². The number of hydrogen-bond donors (Lipinski definition) is 3. The van der Waals surface area contributed by atoms with Crippen molar-refractivity contribution in [2.24, 2.45) is 0 Å². The molecule has 3 N–H and O–H groups in total. The lowest BCUT2D eigenvalue weighted by atomic mass is 9.96. The monoisotopic (exact) mass is 581 g/mol. The number of nitro groups is 1. The van der Waals surface area contributed by atoms with E-state index in [1.807, 2.05) is 19.0 Å². The van der Waals surface area contributed by atoms with Gasteiger partial charge in [-0.1, -0.05) is 23.2 Å². The van der Waals surface area contributed by atoms with Gasteiger partial charge in [0.15, 0.2) is 5.82 Å². The first-order valence-electron chi connectivity index (χ1n) is 11.7. The molecule has 0 bridgehead atoms. The highest BCUT2D eigenvalue weighted by atomic mass is 35.5. The molecule has 2 aromatic carbocycles. The van der Waals surface area contributed by atoms with E-state index in [4.69, 9.17) is 27.9 Å². The molecule has 1 heterocycles. The fourth-order valence-corrected chi connectivity index (χ4v) is 3.97. The van der Waals surface area contributed by atoms with Crippen molar-refractivity contribution >= 4 is 57.7 Å². The minimum Gasteiger partial charge on any atom is -0.494 e. The molecule has 0 amide bonds. The Balaban J connectivity index is 1.99. The highest BCUT2D eigenvalue weighted by molar-refractivity contribution is 6.33. The van der Waals surface area contributed by atoms with E-state index in [0.717, 1.165) is 6.07 Å². The Hall–Kier alpha value is -3.45. The van der Waals surface area contributed by atoms with Gasteiger partial charge in [0.1, 0.15) is 22.3 Å². The Morgan fingerprint density at radius 1 is 1.10 bits per heavy atom. The van der Waals surface area contributed by atoms with Crippen molar-refractivity contribution in [3.8, 4) is 5.75 Å². The topological polar surface area (TPSA) is 129 Å². The third-order valence-corrected chi connectivity index (χ3v) is 6.32. The second kappa shape index (κ2) is 12.2. The smallest absolute Gasteiger partial charge is 0.294 e. The van der Waals surface area contributed by atoms with E-state index < -0.39 is 16.3 Å². The lowest BCUT2D eigenvalue weighted by Crippen LogP contribution is -2.28. The summed E-state index contributed by atoms with van der Waals surface area (Å²) in [4.78, 5) is 23.7. The highest BCUT2D eigenvalue weighted by Crippen LogP contribution is 2.40. The number of aliphatic hydroxyl groups is 1. The van der Waals surface area contributed by atoms with Gasteiger partial charge in [-0.05, 0) is 40.1 Å². The molecule has 11 nitrogen and oxygen atoms in total. The molecule has 0 spiro atoms. The summed E-state index contributed by atoms with van der Waals surface area (Å²) in [5, 5.41) is 28.3. The normalized spacial score (nSPS) is 11.5. The second-order valence-electron chi connectivity index (χ2n) is 9.53. The van der Waals surface area contributed by atoms with Crippen LogP contribution in [0.3, 0.4) is 0 Å². The highest BCUT2D eigenvalue weighted by Gasteiger charge is 2.25. The molecule has 0 atom stereocenters. The molecule has 210 valence electrons. The Kier molecular flexibility index (Phi) is 9.38. The van der Waals surface area contributed by atoms with Gasteiger partial charge in [0.25, 0.3) is 5.69 Å². The average Bonchev–Trinajstić information content (AvgIpc) is 2.85. The molecule has 0 saturated heterocycles. The largest absolute Gasteiger partial charge is 0.494 e. The van der Waals surface area contributed by atoms with E-state index >= 15 is 0 Å². The SMILES string of the molecule is COc1cc(N(C)CCN(C)C)c([N+](=O)[O-])cc1Nc1ncc(Cl)c(Nc2cc(Cl)c(F)cc2C(C)(C)O)n1. The van der Waals surface area contributed by atoms with Gasteiger partial charge in [0, 0.05) is 43.5 Å². The van der Waals surface area contributed by atoms with Crippen molar-refractivity contribution in [3.63, 3.8) is 0 Å². The lowest BCUT2D eigenvalue weighted by Gasteiger charge is -2.23. The molecule has 3 aromatic rings. The fourth-order valence-electron chi connectivity index (χ4n) is 3.67. The van der Waals surface area contributed by atoms with Gasteiger partial charge in [-0.3, -0.25) is 10.1 Å². The van der Waals surface area contributed by atoms with E-state index in [2.05, 4.69) is 20.6 Å². The van der Waals surface area contributed by atoms with Crippen molar-refractivity contribution in [2.45, 2.75) is 19.4 Å². The lowest BCUT2D eigenvalue weighted by molar-refractivity contribution is -0.384. The minimum atomic E-state index is -1.41. The van der Waals surface area contributed by atoms with Crippen LogP contribution in [0.4, 0.5) is 38.9 Å². The first-order chi connectivity index (χ1) is 18.2. The summed E-state index contributed by atoms with van der Waals surface area (Å²) in [5.41, 5.74) is -0.413. The molecule has 14 heteroatoms. The molecule has 0 unspecified atom stereocenters. The fraction of sp³-hybridized carbons (Fsp3) is 0.360. The Morgan fingerprint density at radius 2 is 1.79 bits per heavy atom. The molecule has 0 fully saturated rings. The Morgan fingerprint density at radius 3 is 2.38 bits per heavy atom. The van der Waals surface area contributed by atoms with Crippen LogP contribution in [0, 0.1) is 15.9 Å². The van der Waals surface area contributed by atoms with Crippen LogP contribution in [0.1, 0.15) is 19.4 Å². The Bertz CT molecular complexity index is 1370. The van der Waals surface area contributed by atoms with Gasteiger partial charge in [0.2, 0.25) is 5.95 Å². The number of nitro benzene ring substituents is 1. The van der Waals surface area contributed by atoms with Crippen LogP contribution in [-0.4, -0.2) is 66.2 Å². The number of halogens is 3. The van der Waals surface area contributed by atoms with Gasteiger partial charge < -0.3 is 30.3 Å². The van der Waals surface area contributed by atoms with E-state index in [0.29, 0.717) is 24.5 Å². The predicted molar refractivity (Wildman–Crippen MR) is 152 cm³/mol. The molecule has 0 aliphatic heterocycles. The number of nitrogens with one attached hydrogen (secondary N) is 2. The number of nitrogens with zero attached hydrogens (tertiary/aromatic N) is 5. The first kappa shape index (κ1) is 30.1.